The van der Waals surface area contributed by atoms with E-state index >= 15 is 0 Å². The van der Waals surface area contributed by atoms with E-state index in [1.807, 2.05) is 61.5 Å². The molecule has 1 atom stereocenters. The van der Waals surface area contributed by atoms with Gasteiger partial charge in [0.1, 0.15) is 0 Å². The molecular formula is C17H16BrNO. The summed E-state index contributed by atoms with van der Waals surface area (Å²) in [5.74, 6) is -0.0999. The second kappa shape index (κ2) is 7.06. The number of benzene rings is 2. The van der Waals surface area contributed by atoms with Gasteiger partial charge in [0.2, 0.25) is 5.91 Å². The van der Waals surface area contributed by atoms with Gasteiger partial charge < -0.3 is 5.32 Å². The van der Waals surface area contributed by atoms with Crippen LogP contribution < -0.4 is 5.32 Å². The summed E-state index contributed by atoms with van der Waals surface area (Å²) in [4.78, 5) is 11.9. The fourth-order valence-corrected chi connectivity index (χ4v) is 2.28. The molecule has 0 aliphatic carbocycles. The Labute approximate surface area is 127 Å². The zero-order valence-corrected chi connectivity index (χ0v) is 12.8. The van der Waals surface area contributed by atoms with Gasteiger partial charge in [-0.25, -0.2) is 0 Å². The zero-order valence-electron chi connectivity index (χ0n) is 11.2. The number of rotatable bonds is 4. The van der Waals surface area contributed by atoms with Crippen molar-refractivity contribution in [2.24, 2.45) is 0 Å². The molecule has 0 aliphatic heterocycles. The van der Waals surface area contributed by atoms with Crippen LogP contribution in [0.3, 0.4) is 0 Å². The molecule has 0 saturated heterocycles. The van der Waals surface area contributed by atoms with Gasteiger partial charge in [-0.05, 0) is 30.2 Å². The molecule has 0 unspecified atom stereocenters. The first-order valence-corrected chi connectivity index (χ1v) is 7.24. The molecule has 0 heterocycles. The molecule has 0 saturated carbocycles. The van der Waals surface area contributed by atoms with Crippen molar-refractivity contribution in [2.45, 2.75) is 13.0 Å². The van der Waals surface area contributed by atoms with Crippen molar-refractivity contribution in [3.05, 3.63) is 76.3 Å². The second-order valence-corrected chi connectivity index (χ2v) is 5.35. The fraction of sp³-hybridized carbons (Fsp3) is 0.118. The third-order valence-electron chi connectivity index (χ3n) is 2.98. The normalized spacial score (nSPS) is 12.3. The Morgan fingerprint density at radius 2 is 1.75 bits per heavy atom. The Morgan fingerprint density at radius 3 is 2.45 bits per heavy atom. The van der Waals surface area contributed by atoms with E-state index in [-0.39, 0.29) is 11.9 Å². The summed E-state index contributed by atoms with van der Waals surface area (Å²) in [5, 5.41) is 2.94. The third kappa shape index (κ3) is 4.07. The first-order valence-electron chi connectivity index (χ1n) is 6.45. The van der Waals surface area contributed by atoms with Crippen molar-refractivity contribution in [3.63, 3.8) is 0 Å². The number of carbonyl (C=O) groups excluding carboxylic acids is 1. The molecule has 1 N–H and O–H groups in total. The lowest BCUT2D eigenvalue weighted by Gasteiger charge is -2.12. The average Bonchev–Trinajstić information content (AvgIpc) is 2.47. The highest BCUT2D eigenvalue weighted by molar-refractivity contribution is 9.10. The highest BCUT2D eigenvalue weighted by atomic mass is 79.9. The van der Waals surface area contributed by atoms with Crippen LogP contribution in [0.4, 0.5) is 0 Å². The van der Waals surface area contributed by atoms with E-state index < -0.39 is 0 Å². The van der Waals surface area contributed by atoms with Crippen molar-refractivity contribution in [2.75, 3.05) is 0 Å². The lowest BCUT2D eigenvalue weighted by Crippen LogP contribution is -2.24. The smallest absolute Gasteiger partial charge is 0.244 e. The maximum absolute atomic E-state index is 11.9. The van der Waals surface area contributed by atoms with Crippen molar-refractivity contribution in [1.82, 2.24) is 5.32 Å². The number of hydrogen-bond donors (Lipinski definition) is 1. The number of carbonyl (C=O) groups is 1. The van der Waals surface area contributed by atoms with Crippen LogP contribution in [0.1, 0.15) is 24.1 Å². The first kappa shape index (κ1) is 14.5. The van der Waals surface area contributed by atoms with E-state index in [2.05, 4.69) is 21.2 Å². The quantitative estimate of drug-likeness (QED) is 0.830. The van der Waals surface area contributed by atoms with Gasteiger partial charge in [0.25, 0.3) is 0 Å². The molecule has 0 radical (unpaired) electrons. The molecular weight excluding hydrogens is 314 g/mol. The summed E-state index contributed by atoms with van der Waals surface area (Å²) in [7, 11) is 0. The SMILES string of the molecule is C[C@H](NC(=O)/C=C/c1ccccc1Br)c1ccccc1. The van der Waals surface area contributed by atoms with Gasteiger partial charge in [0, 0.05) is 10.5 Å². The molecule has 20 heavy (non-hydrogen) atoms. The Hall–Kier alpha value is -1.87. The molecule has 0 fully saturated rings. The zero-order chi connectivity index (χ0) is 14.4. The van der Waals surface area contributed by atoms with Crippen LogP contribution in [-0.2, 0) is 4.79 Å². The number of hydrogen-bond acceptors (Lipinski definition) is 1. The molecule has 2 rings (SSSR count). The van der Waals surface area contributed by atoms with Crippen LogP contribution in [0.2, 0.25) is 0 Å². The van der Waals surface area contributed by atoms with Crippen molar-refractivity contribution in [3.8, 4) is 0 Å². The van der Waals surface area contributed by atoms with Crippen molar-refractivity contribution in [1.29, 1.82) is 0 Å². The molecule has 0 spiro atoms. The third-order valence-corrected chi connectivity index (χ3v) is 3.70. The molecule has 2 aromatic rings. The molecule has 0 bridgehead atoms. The van der Waals surface area contributed by atoms with Crippen LogP contribution in [0.25, 0.3) is 6.08 Å². The Bertz CT molecular complexity index is 607. The lowest BCUT2D eigenvalue weighted by atomic mass is 10.1. The average molecular weight is 330 g/mol. The summed E-state index contributed by atoms with van der Waals surface area (Å²) in [6, 6.07) is 17.7. The monoisotopic (exact) mass is 329 g/mol. The number of nitrogens with one attached hydrogen (secondary N) is 1. The Balaban J connectivity index is 1.98. The van der Waals surface area contributed by atoms with Gasteiger partial charge in [-0.2, -0.15) is 0 Å². The largest absolute Gasteiger partial charge is 0.346 e. The van der Waals surface area contributed by atoms with E-state index in [1.54, 1.807) is 12.2 Å². The summed E-state index contributed by atoms with van der Waals surface area (Å²) < 4.78 is 0.972. The number of amides is 1. The molecule has 0 aromatic heterocycles. The molecule has 1 amide bonds. The van der Waals surface area contributed by atoms with E-state index in [1.165, 1.54) is 0 Å². The minimum Gasteiger partial charge on any atom is -0.346 e. The van der Waals surface area contributed by atoms with E-state index in [4.69, 9.17) is 0 Å². The Kier molecular flexibility index (Phi) is 5.13. The minimum absolute atomic E-state index is 0.00689. The molecule has 0 aliphatic rings. The first-order chi connectivity index (χ1) is 9.66. The van der Waals surface area contributed by atoms with Crippen LogP contribution in [0.5, 0.6) is 0 Å². The standard InChI is InChI=1S/C17H16BrNO/c1-13(14-7-3-2-4-8-14)19-17(20)12-11-15-9-5-6-10-16(15)18/h2-13H,1H3,(H,19,20)/b12-11+/t13-/m0/s1. The van der Waals surface area contributed by atoms with Crippen molar-refractivity contribution >= 4 is 27.9 Å². The maximum Gasteiger partial charge on any atom is 0.244 e. The van der Waals surface area contributed by atoms with E-state index in [9.17, 15) is 4.79 Å². The predicted molar refractivity (Wildman–Crippen MR) is 86.2 cm³/mol. The summed E-state index contributed by atoms with van der Waals surface area (Å²) >= 11 is 3.45. The van der Waals surface area contributed by atoms with Gasteiger partial charge in [-0.1, -0.05) is 64.5 Å². The van der Waals surface area contributed by atoms with Gasteiger partial charge in [-0.3, -0.25) is 4.79 Å². The van der Waals surface area contributed by atoms with Crippen LogP contribution in [-0.4, -0.2) is 5.91 Å². The van der Waals surface area contributed by atoms with Gasteiger partial charge in [0.05, 0.1) is 6.04 Å². The van der Waals surface area contributed by atoms with Gasteiger partial charge >= 0.3 is 0 Å². The van der Waals surface area contributed by atoms with Gasteiger partial charge in [0.15, 0.2) is 0 Å². The molecule has 102 valence electrons. The summed E-state index contributed by atoms with van der Waals surface area (Å²) in [5.41, 5.74) is 2.07. The molecule has 2 aromatic carbocycles. The second-order valence-electron chi connectivity index (χ2n) is 4.50. The fourth-order valence-electron chi connectivity index (χ4n) is 1.86. The lowest BCUT2D eigenvalue weighted by molar-refractivity contribution is -0.117. The highest BCUT2D eigenvalue weighted by Gasteiger charge is 2.06. The van der Waals surface area contributed by atoms with Crippen LogP contribution in [0, 0.1) is 0 Å². The topological polar surface area (TPSA) is 29.1 Å². The van der Waals surface area contributed by atoms with E-state index in [0.717, 1.165) is 15.6 Å². The van der Waals surface area contributed by atoms with Crippen molar-refractivity contribution < 1.29 is 4.79 Å². The van der Waals surface area contributed by atoms with Crippen LogP contribution >= 0.6 is 15.9 Å². The van der Waals surface area contributed by atoms with Gasteiger partial charge in [-0.15, -0.1) is 0 Å². The number of halogens is 1. The molecule has 2 nitrogen and oxygen atoms in total. The molecule has 3 heteroatoms. The Morgan fingerprint density at radius 1 is 1.10 bits per heavy atom. The summed E-state index contributed by atoms with van der Waals surface area (Å²) in [6.45, 7) is 1.97. The summed E-state index contributed by atoms with van der Waals surface area (Å²) in [6.07, 6.45) is 3.36. The van der Waals surface area contributed by atoms with E-state index in [0.29, 0.717) is 0 Å². The highest BCUT2D eigenvalue weighted by Crippen LogP contribution is 2.17. The maximum atomic E-state index is 11.9. The van der Waals surface area contributed by atoms with Crippen LogP contribution in [0.15, 0.2) is 65.1 Å². The predicted octanol–water partition coefficient (Wildman–Crippen LogP) is 4.34. The minimum atomic E-state index is -0.0999.